The molecule has 10 nitrogen and oxygen atoms in total. The number of piperazine rings is 1. The maximum atomic E-state index is 12.5. The largest absolute Gasteiger partial charge is 0.393 e. The van der Waals surface area contributed by atoms with E-state index in [4.69, 9.17) is 9.97 Å². The molecular weight excluding hydrogens is 637 g/mol. The standard InChI is InChI=1S/C41H48N8O2/c1-48-22-24-49(25-23-48)28-30-6-11-31(12-7-30)38-27-43-41(47-39(38)44-33-16-18-37(50)19-17-33)46-34-13-8-29(9-14-34)10-15-35-26-36(20-21-42-35)45-40(51)32-4-2-3-5-32/h6-9,11-14,20-21,26-27,32-33,37,50H,2-5,16-19,22-25,28H2,1H3,(H,42,45,51)(H2,43,44,46,47). The van der Waals surface area contributed by atoms with E-state index in [0.717, 1.165) is 118 Å². The van der Waals surface area contributed by atoms with Crippen LogP contribution in [-0.4, -0.2) is 81.1 Å². The minimum absolute atomic E-state index is 0.0851. The summed E-state index contributed by atoms with van der Waals surface area (Å²) in [6.45, 7) is 5.36. The molecule has 4 N–H and O–H groups in total. The van der Waals surface area contributed by atoms with E-state index in [1.807, 2.05) is 36.5 Å². The van der Waals surface area contributed by atoms with Gasteiger partial charge in [0.15, 0.2) is 0 Å². The van der Waals surface area contributed by atoms with Crippen LogP contribution in [0.25, 0.3) is 11.1 Å². The fourth-order valence-corrected chi connectivity index (χ4v) is 7.14. The van der Waals surface area contributed by atoms with Crippen molar-refractivity contribution in [3.63, 3.8) is 0 Å². The summed E-state index contributed by atoms with van der Waals surface area (Å²) in [6.07, 6.45) is 10.9. The summed E-state index contributed by atoms with van der Waals surface area (Å²) >= 11 is 0. The number of nitrogens with one attached hydrogen (secondary N) is 3. The molecule has 1 aliphatic heterocycles. The number of aliphatic hydroxyl groups excluding tert-OH is 1. The van der Waals surface area contributed by atoms with Gasteiger partial charge in [-0.15, -0.1) is 0 Å². The molecule has 3 aliphatic rings. The van der Waals surface area contributed by atoms with Crippen LogP contribution in [0.15, 0.2) is 73.1 Å². The predicted molar refractivity (Wildman–Crippen MR) is 203 cm³/mol. The number of carbonyl (C=O) groups is 1. The van der Waals surface area contributed by atoms with Crippen LogP contribution in [-0.2, 0) is 11.3 Å². The lowest BCUT2D eigenvalue weighted by Crippen LogP contribution is -2.43. The molecule has 1 amide bonds. The number of aliphatic hydroxyl groups is 1. The maximum Gasteiger partial charge on any atom is 0.229 e. The fourth-order valence-electron chi connectivity index (χ4n) is 7.14. The van der Waals surface area contributed by atoms with E-state index in [9.17, 15) is 9.90 Å². The molecule has 2 saturated carbocycles. The number of aromatic nitrogens is 3. The third kappa shape index (κ3) is 9.50. The van der Waals surface area contributed by atoms with Gasteiger partial charge in [0.2, 0.25) is 11.9 Å². The van der Waals surface area contributed by atoms with Crippen LogP contribution in [0.5, 0.6) is 0 Å². The normalized spacial score (nSPS) is 20.0. The van der Waals surface area contributed by atoms with Gasteiger partial charge in [-0.2, -0.15) is 4.98 Å². The van der Waals surface area contributed by atoms with Crippen LogP contribution in [0.3, 0.4) is 0 Å². The van der Waals surface area contributed by atoms with Crippen LogP contribution in [0.2, 0.25) is 0 Å². The van der Waals surface area contributed by atoms with Gasteiger partial charge < -0.3 is 26.0 Å². The van der Waals surface area contributed by atoms with Gasteiger partial charge in [0.25, 0.3) is 0 Å². The summed E-state index contributed by atoms with van der Waals surface area (Å²) in [4.78, 5) is 31.5. The van der Waals surface area contributed by atoms with Crippen molar-refractivity contribution >= 4 is 29.0 Å². The molecule has 1 saturated heterocycles. The summed E-state index contributed by atoms with van der Waals surface area (Å²) in [6, 6.07) is 20.5. The first kappa shape index (κ1) is 34.6. The number of hydrogen-bond donors (Lipinski definition) is 4. The Bertz CT molecular complexity index is 1830. The van der Waals surface area contributed by atoms with Crippen LogP contribution < -0.4 is 16.0 Å². The zero-order valence-electron chi connectivity index (χ0n) is 29.4. The first-order valence-electron chi connectivity index (χ1n) is 18.4. The Kier molecular flexibility index (Phi) is 11.2. The third-order valence-electron chi connectivity index (χ3n) is 10.3. The lowest BCUT2D eigenvalue weighted by molar-refractivity contribution is -0.119. The van der Waals surface area contributed by atoms with Crippen molar-refractivity contribution in [1.82, 2.24) is 24.8 Å². The summed E-state index contributed by atoms with van der Waals surface area (Å²) < 4.78 is 0. The van der Waals surface area contributed by atoms with Crippen LogP contribution >= 0.6 is 0 Å². The number of pyridine rings is 1. The summed E-state index contributed by atoms with van der Waals surface area (Å²) in [5.74, 6) is 7.79. The number of amides is 1. The number of carbonyl (C=O) groups excluding carboxylic acids is 1. The Morgan fingerprint density at radius 3 is 2.35 bits per heavy atom. The molecular formula is C41H48N8O2. The number of rotatable bonds is 9. The minimum Gasteiger partial charge on any atom is -0.393 e. The highest BCUT2D eigenvalue weighted by molar-refractivity contribution is 5.92. The summed E-state index contributed by atoms with van der Waals surface area (Å²) in [5.41, 5.74) is 6.36. The van der Waals surface area contributed by atoms with E-state index in [2.05, 4.69) is 73.9 Å². The molecule has 51 heavy (non-hydrogen) atoms. The van der Waals surface area contributed by atoms with Crippen molar-refractivity contribution in [3.8, 4) is 23.0 Å². The van der Waals surface area contributed by atoms with Gasteiger partial charge in [0.1, 0.15) is 11.5 Å². The van der Waals surface area contributed by atoms with Gasteiger partial charge in [-0.05, 0) is 99.0 Å². The smallest absolute Gasteiger partial charge is 0.229 e. The van der Waals surface area contributed by atoms with Gasteiger partial charge in [0, 0.05) is 79.6 Å². The molecule has 3 fully saturated rings. The number of anilines is 4. The van der Waals surface area contributed by atoms with Gasteiger partial charge in [-0.25, -0.2) is 9.97 Å². The molecule has 2 aliphatic carbocycles. The Morgan fingerprint density at radius 1 is 0.863 bits per heavy atom. The van der Waals surface area contributed by atoms with Gasteiger partial charge in [0.05, 0.1) is 6.10 Å². The van der Waals surface area contributed by atoms with Gasteiger partial charge in [-0.1, -0.05) is 43.0 Å². The highest BCUT2D eigenvalue weighted by atomic mass is 16.3. The quantitative estimate of drug-likeness (QED) is 0.151. The highest BCUT2D eigenvalue weighted by Crippen LogP contribution is 2.31. The summed E-state index contributed by atoms with van der Waals surface area (Å²) in [7, 11) is 2.18. The predicted octanol–water partition coefficient (Wildman–Crippen LogP) is 6.27. The second kappa shape index (κ2) is 16.5. The summed E-state index contributed by atoms with van der Waals surface area (Å²) in [5, 5.41) is 20.2. The average Bonchev–Trinajstić information content (AvgIpc) is 3.70. The first-order valence-corrected chi connectivity index (χ1v) is 18.4. The second-order valence-electron chi connectivity index (χ2n) is 14.2. The molecule has 3 heterocycles. The van der Waals surface area contributed by atoms with Crippen molar-refractivity contribution in [2.24, 2.45) is 5.92 Å². The van der Waals surface area contributed by atoms with E-state index < -0.39 is 0 Å². The zero-order valence-corrected chi connectivity index (χ0v) is 29.4. The highest BCUT2D eigenvalue weighted by Gasteiger charge is 2.23. The molecule has 0 atom stereocenters. The zero-order chi connectivity index (χ0) is 35.0. The molecule has 0 spiro atoms. The topological polar surface area (TPSA) is 119 Å². The average molecular weight is 685 g/mol. The number of hydrogen-bond acceptors (Lipinski definition) is 9. The molecule has 2 aromatic heterocycles. The Hall–Kier alpha value is -4.82. The number of benzene rings is 2. The van der Waals surface area contributed by atoms with Crippen LogP contribution in [0, 0.1) is 17.8 Å². The molecule has 264 valence electrons. The van der Waals surface area contributed by atoms with Gasteiger partial charge >= 0.3 is 0 Å². The van der Waals surface area contributed by atoms with E-state index >= 15 is 0 Å². The Balaban J connectivity index is 1.02. The Labute approximate surface area is 301 Å². The molecule has 2 aromatic carbocycles. The molecule has 0 unspecified atom stereocenters. The lowest BCUT2D eigenvalue weighted by atomic mass is 9.93. The molecule has 4 aromatic rings. The SMILES string of the molecule is CN1CCN(Cc2ccc(-c3cnc(Nc4ccc(C#Cc5cc(NC(=O)C6CCCC6)ccn5)cc4)nc3NC3CCC(O)CC3)cc2)CC1. The van der Waals surface area contributed by atoms with Gasteiger partial charge in [-0.3, -0.25) is 9.69 Å². The van der Waals surface area contributed by atoms with E-state index in [1.165, 1.54) is 5.56 Å². The monoisotopic (exact) mass is 684 g/mol. The number of nitrogens with zero attached hydrogens (tertiary/aromatic N) is 5. The maximum absolute atomic E-state index is 12.5. The van der Waals surface area contributed by atoms with E-state index in [1.54, 1.807) is 12.3 Å². The van der Waals surface area contributed by atoms with Crippen molar-refractivity contribution in [2.45, 2.75) is 70.1 Å². The van der Waals surface area contributed by atoms with E-state index in [0.29, 0.717) is 11.6 Å². The minimum atomic E-state index is -0.221. The molecule has 0 radical (unpaired) electrons. The fraction of sp³-hybridized carbons (Fsp3) is 0.415. The third-order valence-corrected chi connectivity index (χ3v) is 10.3. The second-order valence-corrected chi connectivity index (χ2v) is 14.2. The van der Waals surface area contributed by atoms with Crippen molar-refractivity contribution in [3.05, 3.63) is 89.9 Å². The Morgan fingerprint density at radius 2 is 1.61 bits per heavy atom. The van der Waals surface area contributed by atoms with Crippen molar-refractivity contribution in [2.75, 3.05) is 49.2 Å². The van der Waals surface area contributed by atoms with Crippen LogP contribution in [0.4, 0.5) is 23.1 Å². The van der Waals surface area contributed by atoms with Crippen molar-refractivity contribution < 1.29 is 9.90 Å². The molecule has 10 heteroatoms. The first-order chi connectivity index (χ1) is 24.9. The van der Waals surface area contributed by atoms with Crippen LogP contribution in [0.1, 0.15) is 68.2 Å². The lowest BCUT2D eigenvalue weighted by Gasteiger charge is -2.32. The molecule has 7 rings (SSSR count). The number of likely N-dealkylation sites (N-methyl/N-ethyl adjacent to an activating group) is 1. The molecule has 0 bridgehead atoms. The van der Waals surface area contributed by atoms with Crippen molar-refractivity contribution in [1.29, 1.82) is 0 Å². The van der Waals surface area contributed by atoms with E-state index in [-0.39, 0.29) is 24.0 Å².